The zero-order chi connectivity index (χ0) is 12.9. The van der Waals surface area contributed by atoms with Gasteiger partial charge in [-0.2, -0.15) is 0 Å². The van der Waals surface area contributed by atoms with Gasteiger partial charge in [-0.15, -0.1) is 0 Å². The van der Waals surface area contributed by atoms with Gasteiger partial charge in [-0.25, -0.2) is 4.79 Å². The van der Waals surface area contributed by atoms with Gasteiger partial charge in [-0.05, 0) is 20.8 Å². The fourth-order valence-corrected chi connectivity index (χ4v) is 1.53. The summed E-state index contributed by atoms with van der Waals surface area (Å²) in [6.07, 6.45) is -0.683. The van der Waals surface area contributed by atoms with E-state index in [0.29, 0.717) is 0 Å². The summed E-state index contributed by atoms with van der Waals surface area (Å²) in [7, 11) is 0. The molecular weight excluding hydrogens is 222 g/mol. The number of piperazine rings is 1. The van der Waals surface area contributed by atoms with Gasteiger partial charge in [0.05, 0.1) is 6.54 Å². The molecule has 98 valence electrons. The standard InChI is InChI=1S/C11H21N3O3/c1-11(2,3)17-10(16)13-9(15)8-14-6-4-12-5-7-14/h12H,4-8H2,1-3H3,(H,13,15,16). The maximum absolute atomic E-state index is 11.5. The first-order chi connectivity index (χ1) is 7.87. The minimum Gasteiger partial charge on any atom is -0.444 e. The highest BCUT2D eigenvalue weighted by molar-refractivity contribution is 5.92. The van der Waals surface area contributed by atoms with Crippen molar-refractivity contribution in [1.29, 1.82) is 0 Å². The monoisotopic (exact) mass is 243 g/mol. The van der Waals surface area contributed by atoms with Crippen LogP contribution in [0.2, 0.25) is 0 Å². The van der Waals surface area contributed by atoms with Crippen molar-refractivity contribution < 1.29 is 14.3 Å². The van der Waals surface area contributed by atoms with E-state index in [1.165, 1.54) is 0 Å². The lowest BCUT2D eigenvalue weighted by Crippen LogP contribution is -2.48. The molecule has 1 aliphatic heterocycles. The fraction of sp³-hybridized carbons (Fsp3) is 0.818. The maximum Gasteiger partial charge on any atom is 0.414 e. The molecule has 2 N–H and O–H groups in total. The highest BCUT2D eigenvalue weighted by Gasteiger charge is 2.19. The summed E-state index contributed by atoms with van der Waals surface area (Å²) < 4.78 is 5.00. The van der Waals surface area contributed by atoms with E-state index < -0.39 is 11.7 Å². The van der Waals surface area contributed by atoms with Crippen molar-refractivity contribution in [3.63, 3.8) is 0 Å². The highest BCUT2D eigenvalue weighted by Crippen LogP contribution is 2.06. The van der Waals surface area contributed by atoms with Crippen LogP contribution in [0.15, 0.2) is 0 Å². The van der Waals surface area contributed by atoms with Crippen LogP contribution in [0, 0.1) is 0 Å². The SMILES string of the molecule is CC(C)(C)OC(=O)NC(=O)CN1CCNCC1. The van der Waals surface area contributed by atoms with Crippen LogP contribution in [-0.4, -0.2) is 55.2 Å². The third kappa shape index (κ3) is 6.23. The van der Waals surface area contributed by atoms with Crippen molar-refractivity contribution in [1.82, 2.24) is 15.5 Å². The summed E-state index contributed by atoms with van der Waals surface area (Å²) >= 11 is 0. The van der Waals surface area contributed by atoms with E-state index in [2.05, 4.69) is 10.6 Å². The van der Waals surface area contributed by atoms with Crippen molar-refractivity contribution in [3.8, 4) is 0 Å². The molecule has 17 heavy (non-hydrogen) atoms. The van der Waals surface area contributed by atoms with Gasteiger partial charge in [0.2, 0.25) is 5.91 Å². The summed E-state index contributed by atoms with van der Waals surface area (Å²) in [4.78, 5) is 24.9. The topological polar surface area (TPSA) is 70.7 Å². The Morgan fingerprint density at radius 1 is 1.29 bits per heavy atom. The second-order valence-electron chi connectivity index (χ2n) is 5.08. The van der Waals surface area contributed by atoms with Gasteiger partial charge < -0.3 is 10.1 Å². The van der Waals surface area contributed by atoms with Crippen molar-refractivity contribution in [2.45, 2.75) is 26.4 Å². The molecule has 1 rings (SSSR count). The van der Waals surface area contributed by atoms with Crippen molar-refractivity contribution in [3.05, 3.63) is 0 Å². The van der Waals surface area contributed by atoms with Crippen LogP contribution < -0.4 is 10.6 Å². The van der Waals surface area contributed by atoms with E-state index in [1.54, 1.807) is 20.8 Å². The third-order valence-corrected chi connectivity index (χ3v) is 2.22. The van der Waals surface area contributed by atoms with E-state index in [0.717, 1.165) is 26.2 Å². The third-order valence-electron chi connectivity index (χ3n) is 2.22. The van der Waals surface area contributed by atoms with E-state index >= 15 is 0 Å². The number of carbonyl (C=O) groups is 2. The second kappa shape index (κ2) is 5.97. The van der Waals surface area contributed by atoms with Crippen LogP contribution in [0.5, 0.6) is 0 Å². The Balaban J connectivity index is 2.26. The van der Waals surface area contributed by atoms with Gasteiger partial charge in [0.25, 0.3) is 0 Å². The normalized spacial score (nSPS) is 17.6. The Morgan fingerprint density at radius 2 is 1.88 bits per heavy atom. The predicted molar refractivity (Wildman–Crippen MR) is 63.7 cm³/mol. The molecule has 6 heteroatoms. The summed E-state index contributed by atoms with van der Waals surface area (Å²) in [6.45, 7) is 8.90. The van der Waals surface area contributed by atoms with Gasteiger partial charge >= 0.3 is 6.09 Å². The van der Waals surface area contributed by atoms with E-state index in [-0.39, 0.29) is 12.5 Å². The van der Waals surface area contributed by atoms with Crippen LogP contribution in [0.25, 0.3) is 0 Å². The number of amides is 2. The zero-order valence-corrected chi connectivity index (χ0v) is 10.7. The Morgan fingerprint density at radius 3 is 2.41 bits per heavy atom. The van der Waals surface area contributed by atoms with Crippen LogP contribution in [0.4, 0.5) is 4.79 Å². The van der Waals surface area contributed by atoms with Gasteiger partial charge in [-0.3, -0.25) is 15.0 Å². The molecule has 1 heterocycles. The lowest BCUT2D eigenvalue weighted by molar-refractivity contribution is -0.122. The number of alkyl carbamates (subject to hydrolysis) is 1. The lowest BCUT2D eigenvalue weighted by Gasteiger charge is -2.26. The molecule has 0 aromatic rings. The molecular formula is C11H21N3O3. The minimum absolute atomic E-state index is 0.237. The molecule has 0 saturated carbocycles. The van der Waals surface area contributed by atoms with Crippen LogP contribution in [0.1, 0.15) is 20.8 Å². The molecule has 1 aliphatic rings. The number of carbonyl (C=O) groups excluding carboxylic acids is 2. The number of imide groups is 1. The number of ether oxygens (including phenoxy) is 1. The summed E-state index contributed by atoms with van der Waals surface area (Å²) in [5.74, 6) is -0.318. The molecule has 1 fully saturated rings. The molecule has 6 nitrogen and oxygen atoms in total. The first kappa shape index (κ1) is 13.9. The van der Waals surface area contributed by atoms with Gasteiger partial charge in [0.15, 0.2) is 0 Å². The maximum atomic E-state index is 11.5. The zero-order valence-electron chi connectivity index (χ0n) is 10.7. The van der Waals surface area contributed by atoms with Crippen molar-refractivity contribution in [2.75, 3.05) is 32.7 Å². The largest absolute Gasteiger partial charge is 0.444 e. The fourth-order valence-electron chi connectivity index (χ4n) is 1.53. The summed E-state index contributed by atoms with van der Waals surface area (Å²) in [6, 6.07) is 0. The molecule has 0 aliphatic carbocycles. The molecule has 1 saturated heterocycles. The first-order valence-electron chi connectivity index (χ1n) is 5.83. The number of rotatable bonds is 2. The predicted octanol–water partition coefficient (Wildman–Crippen LogP) is -0.0571. The van der Waals surface area contributed by atoms with E-state index in [9.17, 15) is 9.59 Å². The average Bonchev–Trinajstić information content (AvgIpc) is 2.15. The molecule has 0 aromatic heterocycles. The van der Waals surface area contributed by atoms with Gasteiger partial charge in [-0.1, -0.05) is 0 Å². The van der Waals surface area contributed by atoms with Crippen LogP contribution >= 0.6 is 0 Å². The number of hydrogen-bond acceptors (Lipinski definition) is 5. The number of hydrogen-bond donors (Lipinski definition) is 2. The minimum atomic E-state index is -0.683. The lowest BCUT2D eigenvalue weighted by atomic mass is 10.2. The molecule has 0 aromatic carbocycles. The van der Waals surface area contributed by atoms with E-state index in [4.69, 9.17) is 4.74 Å². The molecule has 0 radical (unpaired) electrons. The van der Waals surface area contributed by atoms with Crippen molar-refractivity contribution in [2.24, 2.45) is 0 Å². The highest BCUT2D eigenvalue weighted by atomic mass is 16.6. The molecule has 0 atom stereocenters. The average molecular weight is 243 g/mol. The summed E-state index contributed by atoms with van der Waals surface area (Å²) in [5.41, 5.74) is -0.584. The number of nitrogens with one attached hydrogen (secondary N) is 2. The Kier molecular flexibility index (Phi) is 4.89. The van der Waals surface area contributed by atoms with Crippen LogP contribution in [0.3, 0.4) is 0 Å². The molecule has 2 amide bonds. The smallest absolute Gasteiger partial charge is 0.414 e. The molecule has 0 spiro atoms. The van der Waals surface area contributed by atoms with Gasteiger partial charge in [0.1, 0.15) is 5.60 Å². The molecule has 0 bridgehead atoms. The Labute approximate surface area is 102 Å². The van der Waals surface area contributed by atoms with E-state index in [1.807, 2.05) is 4.90 Å². The van der Waals surface area contributed by atoms with Crippen LogP contribution in [-0.2, 0) is 9.53 Å². The molecule has 0 unspecified atom stereocenters. The summed E-state index contributed by atoms with van der Waals surface area (Å²) in [5, 5.41) is 5.42. The number of nitrogens with zero attached hydrogens (tertiary/aromatic N) is 1. The second-order valence-corrected chi connectivity index (χ2v) is 5.08. The van der Waals surface area contributed by atoms with Gasteiger partial charge in [0, 0.05) is 26.2 Å². The quantitative estimate of drug-likeness (QED) is 0.711. The first-order valence-corrected chi connectivity index (χ1v) is 5.83. The Bertz CT molecular complexity index is 280. The Hall–Kier alpha value is -1.14. The van der Waals surface area contributed by atoms with Crippen molar-refractivity contribution >= 4 is 12.0 Å².